The lowest BCUT2D eigenvalue weighted by Crippen LogP contribution is -2.16. The molecule has 0 amide bonds. The first-order valence-corrected chi connectivity index (χ1v) is 5.14. The third-order valence-corrected chi connectivity index (χ3v) is 2.82. The zero-order valence-electron chi connectivity index (χ0n) is 8.83. The Morgan fingerprint density at radius 1 is 1.62 bits per heavy atom. The van der Waals surface area contributed by atoms with Crippen LogP contribution in [-0.2, 0) is 30.1 Å². The van der Waals surface area contributed by atoms with Crippen molar-refractivity contribution in [2.45, 2.75) is 38.7 Å². The molecule has 0 atom stereocenters. The van der Waals surface area contributed by atoms with Crippen LogP contribution in [-0.4, -0.2) is 20.9 Å². The van der Waals surface area contributed by atoms with E-state index in [1.807, 2.05) is 6.92 Å². The zero-order chi connectivity index (χ0) is 11.9. The number of rotatable bonds is 3. The van der Waals surface area contributed by atoms with Crippen molar-refractivity contribution in [2.24, 2.45) is 0 Å². The largest absolute Gasteiger partial charge is 0.480 e. The van der Waals surface area contributed by atoms with E-state index in [-0.39, 0.29) is 25.1 Å². The molecule has 0 saturated carbocycles. The topological polar surface area (TPSA) is 55.1 Å². The second kappa shape index (κ2) is 3.54. The van der Waals surface area contributed by atoms with Gasteiger partial charge in [0.1, 0.15) is 12.2 Å². The number of halogens is 2. The molecule has 2 rings (SSSR count). The molecule has 16 heavy (non-hydrogen) atoms. The Morgan fingerprint density at radius 3 is 2.88 bits per heavy atom. The van der Waals surface area contributed by atoms with Crippen LogP contribution in [0, 0.1) is 0 Å². The van der Waals surface area contributed by atoms with Crippen molar-refractivity contribution in [1.29, 1.82) is 0 Å². The van der Waals surface area contributed by atoms with Gasteiger partial charge in [-0.2, -0.15) is 13.9 Å². The standard InChI is InChI=1S/C10H12F2N2O2/c1-2-7-6-3-4-10(11,12)9(6)13-14(7)5-8(15)16/h2-5H2,1H3,(H,15,16). The van der Waals surface area contributed by atoms with Gasteiger partial charge in [0.05, 0.1) is 0 Å². The molecule has 1 aliphatic carbocycles. The predicted octanol–water partition coefficient (Wildman–Crippen LogP) is 1.57. The highest BCUT2D eigenvalue weighted by Gasteiger charge is 2.44. The van der Waals surface area contributed by atoms with Gasteiger partial charge < -0.3 is 5.11 Å². The molecule has 1 aromatic heterocycles. The highest BCUT2D eigenvalue weighted by molar-refractivity contribution is 5.66. The van der Waals surface area contributed by atoms with Crippen molar-refractivity contribution in [3.8, 4) is 0 Å². The number of carboxylic acid groups (broad SMARTS) is 1. The number of alkyl halides is 2. The number of hydrogen-bond donors (Lipinski definition) is 1. The molecule has 1 aliphatic rings. The number of nitrogens with zero attached hydrogens (tertiary/aromatic N) is 2. The minimum absolute atomic E-state index is 0.217. The molecule has 0 unspecified atom stereocenters. The van der Waals surface area contributed by atoms with E-state index in [2.05, 4.69) is 5.10 Å². The Bertz CT molecular complexity index is 440. The van der Waals surface area contributed by atoms with Crippen LogP contribution >= 0.6 is 0 Å². The smallest absolute Gasteiger partial charge is 0.325 e. The first kappa shape index (κ1) is 11.0. The van der Waals surface area contributed by atoms with Crippen molar-refractivity contribution in [1.82, 2.24) is 9.78 Å². The fourth-order valence-corrected chi connectivity index (χ4v) is 2.15. The summed E-state index contributed by atoms with van der Waals surface area (Å²) in [5.41, 5.74) is 0.925. The Morgan fingerprint density at radius 2 is 2.31 bits per heavy atom. The number of aromatic nitrogens is 2. The van der Waals surface area contributed by atoms with Gasteiger partial charge in [-0.05, 0) is 12.8 Å². The van der Waals surface area contributed by atoms with Gasteiger partial charge in [-0.15, -0.1) is 0 Å². The number of carboxylic acids is 1. The molecular weight excluding hydrogens is 218 g/mol. The van der Waals surface area contributed by atoms with Crippen molar-refractivity contribution in [3.05, 3.63) is 17.0 Å². The first-order valence-electron chi connectivity index (χ1n) is 5.14. The highest BCUT2D eigenvalue weighted by Crippen LogP contribution is 2.42. The van der Waals surface area contributed by atoms with E-state index in [1.54, 1.807) is 0 Å². The third kappa shape index (κ3) is 1.58. The average Bonchev–Trinajstić information content (AvgIpc) is 2.64. The summed E-state index contributed by atoms with van der Waals surface area (Å²) in [6, 6.07) is 0. The molecule has 0 saturated heterocycles. The van der Waals surface area contributed by atoms with E-state index in [9.17, 15) is 13.6 Å². The lowest BCUT2D eigenvalue weighted by Gasteiger charge is -2.07. The summed E-state index contributed by atoms with van der Waals surface area (Å²) in [7, 11) is 0. The van der Waals surface area contributed by atoms with E-state index in [4.69, 9.17) is 5.11 Å². The van der Waals surface area contributed by atoms with Gasteiger partial charge in [0.15, 0.2) is 0 Å². The fourth-order valence-electron chi connectivity index (χ4n) is 2.15. The summed E-state index contributed by atoms with van der Waals surface area (Å²) in [4.78, 5) is 10.6. The minimum Gasteiger partial charge on any atom is -0.480 e. The van der Waals surface area contributed by atoms with Crippen molar-refractivity contribution >= 4 is 5.97 Å². The summed E-state index contributed by atoms with van der Waals surface area (Å²) in [5, 5.41) is 12.4. The van der Waals surface area contributed by atoms with Gasteiger partial charge >= 0.3 is 5.97 Å². The number of carbonyl (C=O) groups is 1. The molecule has 0 radical (unpaired) electrons. The van der Waals surface area contributed by atoms with E-state index in [1.165, 1.54) is 4.68 Å². The van der Waals surface area contributed by atoms with Gasteiger partial charge in [-0.25, -0.2) is 0 Å². The lowest BCUT2D eigenvalue weighted by atomic mass is 10.1. The van der Waals surface area contributed by atoms with Gasteiger partial charge in [-0.1, -0.05) is 6.92 Å². The van der Waals surface area contributed by atoms with E-state index in [0.29, 0.717) is 17.7 Å². The molecule has 1 N–H and O–H groups in total. The molecule has 88 valence electrons. The van der Waals surface area contributed by atoms with Crippen LogP contribution < -0.4 is 0 Å². The summed E-state index contributed by atoms with van der Waals surface area (Å²) in [5.74, 6) is -3.97. The Labute approximate surface area is 90.9 Å². The molecule has 6 heteroatoms. The fraction of sp³-hybridized carbons (Fsp3) is 0.600. The predicted molar refractivity (Wildman–Crippen MR) is 51.5 cm³/mol. The maximum atomic E-state index is 13.4. The second-order valence-electron chi connectivity index (χ2n) is 3.88. The van der Waals surface area contributed by atoms with Crippen LogP contribution in [0.5, 0.6) is 0 Å². The Kier molecular flexibility index (Phi) is 2.44. The lowest BCUT2D eigenvalue weighted by molar-refractivity contribution is -0.138. The molecule has 0 fully saturated rings. The molecule has 1 aromatic rings. The summed E-state index contributed by atoms with van der Waals surface area (Å²) >= 11 is 0. The summed E-state index contributed by atoms with van der Waals surface area (Å²) in [6.07, 6.45) is 0.586. The molecule has 1 heterocycles. The molecule has 0 aliphatic heterocycles. The third-order valence-electron chi connectivity index (χ3n) is 2.82. The molecule has 0 aromatic carbocycles. The monoisotopic (exact) mass is 230 g/mol. The van der Waals surface area contributed by atoms with Crippen LogP contribution in [0.2, 0.25) is 0 Å². The normalized spacial score (nSPS) is 17.4. The number of hydrogen-bond acceptors (Lipinski definition) is 2. The maximum absolute atomic E-state index is 13.4. The van der Waals surface area contributed by atoms with E-state index in [0.717, 1.165) is 0 Å². The van der Waals surface area contributed by atoms with Crippen LogP contribution in [0.4, 0.5) is 8.78 Å². The van der Waals surface area contributed by atoms with E-state index >= 15 is 0 Å². The SMILES string of the molecule is CCc1c2c(nn1CC(=O)O)C(F)(F)CC2. The van der Waals surface area contributed by atoms with Crippen LogP contribution in [0.15, 0.2) is 0 Å². The van der Waals surface area contributed by atoms with Gasteiger partial charge in [-0.3, -0.25) is 9.48 Å². The van der Waals surface area contributed by atoms with Crippen LogP contribution in [0.3, 0.4) is 0 Å². The Hall–Kier alpha value is -1.46. The molecule has 4 nitrogen and oxygen atoms in total. The number of fused-ring (bicyclic) bond motifs is 1. The van der Waals surface area contributed by atoms with Crippen molar-refractivity contribution < 1.29 is 18.7 Å². The molecule has 0 bridgehead atoms. The Balaban J connectivity index is 2.46. The van der Waals surface area contributed by atoms with Gasteiger partial charge in [0.2, 0.25) is 0 Å². The van der Waals surface area contributed by atoms with E-state index < -0.39 is 11.9 Å². The van der Waals surface area contributed by atoms with Crippen molar-refractivity contribution in [3.63, 3.8) is 0 Å². The van der Waals surface area contributed by atoms with Crippen LogP contribution in [0.1, 0.15) is 30.3 Å². The first-order chi connectivity index (χ1) is 7.45. The molecular formula is C10H12F2N2O2. The average molecular weight is 230 g/mol. The zero-order valence-corrected chi connectivity index (χ0v) is 8.83. The second-order valence-corrected chi connectivity index (χ2v) is 3.88. The molecule has 0 spiro atoms. The summed E-state index contributed by atoms with van der Waals surface area (Å²) < 4.78 is 27.9. The minimum atomic E-state index is -2.90. The quantitative estimate of drug-likeness (QED) is 0.857. The maximum Gasteiger partial charge on any atom is 0.325 e. The van der Waals surface area contributed by atoms with Gasteiger partial charge in [0.25, 0.3) is 5.92 Å². The van der Waals surface area contributed by atoms with Gasteiger partial charge in [0, 0.05) is 17.7 Å². The van der Waals surface area contributed by atoms with Crippen molar-refractivity contribution in [2.75, 3.05) is 0 Å². The van der Waals surface area contributed by atoms with Crippen LogP contribution in [0.25, 0.3) is 0 Å². The number of aliphatic carboxylic acids is 1. The summed E-state index contributed by atoms with van der Waals surface area (Å²) in [6.45, 7) is 1.46. The highest BCUT2D eigenvalue weighted by atomic mass is 19.3.